The first-order valence-corrected chi connectivity index (χ1v) is 10.1. The highest BCUT2D eigenvalue weighted by Crippen LogP contribution is 2.37. The Labute approximate surface area is 141 Å². The molecular weight excluding hydrogens is 330 g/mol. The first kappa shape index (κ1) is 16.6. The van der Waals surface area contributed by atoms with E-state index in [9.17, 15) is 8.42 Å². The summed E-state index contributed by atoms with van der Waals surface area (Å²) in [5.41, 5.74) is 0.882. The molecule has 1 aromatic carbocycles. The molecule has 3 rings (SSSR count). The van der Waals surface area contributed by atoms with Gasteiger partial charge < -0.3 is 4.74 Å². The van der Waals surface area contributed by atoms with E-state index in [1.807, 2.05) is 30.5 Å². The molecule has 1 N–H and O–H groups in total. The SMILES string of the molecule is Cc1ccc(S(=O)(=O)NCC2(c3cccs3)CCOCC2)cc1. The Morgan fingerprint density at radius 3 is 2.48 bits per heavy atom. The zero-order chi connectivity index (χ0) is 16.3. The number of hydrogen-bond acceptors (Lipinski definition) is 4. The lowest BCUT2D eigenvalue weighted by molar-refractivity contribution is 0.0529. The fraction of sp³-hybridized carbons (Fsp3) is 0.412. The van der Waals surface area contributed by atoms with Crippen molar-refractivity contribution < 1.29 is 13.2 Å². The van der Waals surface area contributed by atoms with Crippen LogP contribution in [0.3, 0.4) is 0 Å². The van der Waals surface area contributed by atoms with Gasteiger partial charge in [0.2, 0.25) is 10.0 Å². The minimum absolute atomic E-state index is 0.163. The Morgan fingerprint density at radius 1 is 1.17 bits per heavy atom. The summed E-state index contributed by atoms with van der Waals surface area (Å²) in [4.78, 5) is 1.55. The van der Waals surface area contributed by atoms with Crippen molar-refractivity contribution in [1.29, 1.82) is 0 Å². The molecule has 0 bridgehead atoms. The van der Waals surface area contributed by atoms with Crippen LogP contribution in [0.4, 0.5) is 0 Å². The maximum atomic E-state index is 12.6. The summed E-state index contributed by atoms with van der Waals surface area (Å²) >= 11 is 1.69. The van der Waals surface area contributed by atoms with Crippen LogP contribution in [0.15, 0.2) is 46.7 Å². The monoisotopic (exact) mass is 351 g/mol. The summed E-state index contributed by atoms with van der Waals surface area (Å²) in [6, 6.07) is 11.1. The van der Waals surface area contributed by atoms with Crippen LogP contribution in [0.2, 0.25) is 0 Å². The highest BCUT2D eigenvalue weighted by Gasteiger charge is 2.36. The van der Waals surface area contributed by atoms with Crippen LogP contribution >= 0.6 is 11.3 Å². The molecule has 0 aliphatic carbocycles. The Morgan fingerprint density at radius 2 is 1.87 bits per heavy atom. The van der Waals surface area contributed by atoms with Crippen molar-refractivity contribution in [3.05, 3.63) is 52.2 Å². The van der Waals surface area contributed by atoms with Crippen LogP contribution in [-0.4, -0.2) is 28.2 Å². The van der Waals surface area contributed by atoms with Gasteiger partial charge in [0.25, 0.3) is 0 Å². The van der Waals surface area contributed by atoms with Crippen molar-refractivity contribution in [2.75, 3.05) is 19.8 Å². The van der Waals surface area contributed by atoms with E-state index >= 15 is 0 Å². The van der Waals surface area contributed by atoms with Crippen molar-refractivity contribution in [3.63, 3.8) is 0 Å². The number of aryl methyl sites for hydroxylation is 1. The number of thiophene rings is 1. The van der Waals surface area contributed by atoms with Gasteiger partial charge in [0.15, 0.2) is 0 Å². The standard InChI is InChI=1S/C17H21NO3S2/c1-14-4-6-15(7-5-14)23(19,20)18-13-17(8-10-21-11-9-17)16-3-2-12-22-16/h2-7,12,18H,8-11,13H2,1H3. The molecule has 0 spiro atoms. The van der Waals surface area contributed by atoms with Gasteiger partial charge >= 0.3 is 0 Å². The maximum Gasteiger partial charge on any atom is 0.240 e. The van der Waals surface area contributed by atoms with Gasteiger partial charge in [-0.1, -0.05) is 23.8 Å². The van der Waals surface area contributed by atoms with Crippen LogP contribution in [0.1, 0.15) is 23.3 Å². The van der Waals surface area contributed by atoms with Crippen molar-refractivity contribution in [2.45, 2.75) is 30.1 Å². The molecule has 124 valence electrons. The van der Waals surface area contributed by atoms with Gasteiger partial charge in [-0.05, 0) is 43.3 Å². The first-order chi connectivity index (χ1) is 11.0. The molecule has 0 atom stereocenters. The molecule has 1 aliphatic heterocycles. The Bertz CT molecular complexity index is 731. The molecule has 6 heteroatoms. The van der Waals surface area contributed by atoms with E-state index in [1.54, 1.807) is 23.5 Å². The molecule has 1 aromatic heterocycles. The van der Waals surface area contributed by atoms with E-state index in [4.69, 9.17) is 4.74 Å². The minimum Gasteiger partial charge on any atom is -0.381 e. The van der Waals surface area contributed by atoms with Crippen molar-refractivity contribution in [2.24, 2.45) is 0 Å². The summed E-state index contributed by atoms with van der Waals surface area (Å²) in [7, 11) is -3.49. The molecule has 23 heavy (non-hydrogen) atoms. The number of ether oxygens (including phenoxy) is 1. The number of benzene rings is 1. The lowest BCUT2D eigenvalue weighted by atomic mass is 9.79. The summed E-state index contributed by atoms with van der Waals surface area (Å²) < 4.78 is 33.4. The van der Waals surface area contributed by atoms with Gasteiger partial charge in [-0.15, -0.1) is 11.3 Å². The zero-order valence-electron chi connectivity index (χ0n) is 13.1. The zero-order valence-corrected chi connectivity index (χ0v) is 14.8. The van der Waals surface area contributed by atoms with Crippen molar-refractivity contribution >= 4 is 21.4 Å². The topological polar surface area (TPSA) is 55.4 Å². The fourth-order valence-corrected chi connectivity index (χ4v) is 5.00. The van der Waals surface area contributed by atoms with Crippen LogP contribution in [0.25, 0.3) is 0 Å². The molecule has 1 aliphatic rings. The van der Waals surface area contributed by atoms with E-state index in [2.05, 4.69) is 10.8 Å². The van der Waals surface area contributed by atoms with E-state index in [-0.39, 0.29) is 5.41 Å². The fourth-order valence-electron chi connectivity index (χ4n) is 2.89. The lowest BCUT2D eigenvalue weighted by Gasteiger charge is -2.36. The Balaban J connectivity index is 1.80. The third kappa shape index (κ3) is 3.66. The highest BCUT2D eigenvalue weighted by atomic mass is 32.2. The van der Waals surface area contributed by atoms with Gasteiger partial charge in [-0.2, -0.15) is 0 Å². The molecule has 1 fully saturated rings. The number of nitrogens with one attached hydrogen (secondary N) is 1. The van der Waals surface area contributed by atoms with Gasteiger partial charge in [-0.3, -0.25) is 0 Å². The molecule has 2 heterocycles. The Kier molecular flexibility index (Phi) is 4.87. The average molecular weight is 351 g/mol. The third-order valence-corrected chi connectivity index (χ3v) is 6.96. The summed E-state index contributed by atoms with van der Waals surface area (Å²) in [6.07, 6.45) is 1.67. The van der Waals surface area contributed by atoms with E-state index in [0.717, 1.165) is 18.4 Å². The van der Waals surface area contributed by atoms with Crippen LogP contribution < -0.4 is 4.72 Å². The second-order valence-corrected chi connectivity index (χ2v) is 8.72. The number of hydrogen-bond donors (Lipinski definition) is 1. The summed E-state index contributed by atoms with van der Waals surface area (Å²) in [5.74, 6) is 0. The number of sulfonamides is 1. The largest absolute Gasteiger partial charge is 0.381 e. The summed E-state index contributed by atoms with van der Waals surface area (Å²) in [6.45, 7) is 3.69. The molecular formula is C17H21NO3S2. The minimum atomic E-state index is -3.49. The number of rotatable bonds is 5. The Hall–Kier alpha value is -1.21. The first-order valence-electron chi connectivity index (χ1n) is 7.70. The lowest BCUT2D eigenvalue weighted by Crippen LogP contribution is -2.44. The van der Waals surface area contributed by atoms with E-state index in [1.165, 1.54) is 4.88 Å². The van der Waals surface area contributed by atoms with Gasteiger partial charge in [-0.25, -0.2) is 13.1 Å². The van der Waals surface area contributed by atoms with Gasteiger partial charge in [0.05, 0.1) is 4.90 Å². The molecule has 1 saturated heterocycles. The van der Waals surface area contributed by atoms with Gasteiger partial charge in [0, 0.05) is 30.1 Å². The van der Waals surface area contributed by atoms with Crippen LogP contribution in [0, 0.1) is 6.92 Å². The molecule has 0 saturated carbocycles. The molecule has 4 nitrogen and oxygen atoms in total. The third-order valence-electron chi connectivity index (χ3n) is 4.43. The summed E-state index contributed by atoms with van der Waals surface area (Å²) in [5, 5.41) is 2.04. The normalized spacial score (nSPS) is 18.0. The second-order valence-electron chi connectivity index (χ2n) is 6.01. The van der Waals surface area contributed by atoms with Gasteiger partial charge in [0.1, 0.15) is 0 Å². The van der Waals surface area contributed by atoms with Crippen LogP contribution in [-0.2, 0) is 20.2 Å². The predicted octanol–water partition coefficient (Wildman–Crippen LogP) is 3.08. The van der Waals surface area contributed by atoms with Crippen LogP contribution in [0.5, 0.6) is 0 Å². The molecule has 2 aromatic rings. The van der Waals surface area contributed by atoms with Crippen molar-refractivity contribution in [3.8, 4) is 0 Å². The van der Waals surface area contributed by atoms with Crippen molar-refractivity contribution in [1.82, 2.24) is 4.72 Å². The molecule has 0 radical (unpaired) electrons. The predicted molar refractivity (Wildman–Crippen MR) is 92.4 cm³/mol. The van der Waals surface area contributed by atoms with E-state index < -0.39 is 10.0 Å². The highest BCUT2D eigenvalue weighted by molar-refractivity contribution is 7.89. The van der Waals surface area contributed by atoms with E-state index in [0.29, 0.717) is 24.7 Å². The maximum absolute atomic E-state index is 12.6. The second kappa shape index (κ2) is 6.73. The molecule has 0 amide bonds. The average Bonchev–Trinajstić information content (AvgIpc) is 3.10. The quantitative estimate of drug-likeness (QED) is 0.901. The molecule has 0 unspecified atom stereocenters. The smallest absolute Gasteiger partial charge is 0.240 e.